The average Bonchev–Trinajstić information content (AvgIpc) is 3.89. The predicted octanol–water partition coefficient (Wildman–Crippen LogP) is 11.3. The van der Waals surface area contributed by atoms with Gasteiger partial charge in [-0.1, -0.05) is 97.1 Å². The second-order valence-electron chi connectivity index (χ2n) is 12.2. The minimum Gasteiger partial charge on any atom is -0.300 e. The van der Waals surface area contributed by atoms with Crippen molar-refractivity contribution in [2.45, 2.75) is 0 Å². The van der Waals surface area contributed by atoms with E-state index in [0.717, 1.165) is 33.2 Å². The van der Waals surface area contributed by atoms with E-state index in [1.807, 2.05) is 23.5 Å². The maximum absolute atomic E-state index is 5.24. The zero-order valence-corrected chi connectivity index (χ0v) is 25.9. The van der Waals surface area contributed by atoms with Crippen LogP contribution in [0.25, 0.3) is 98.5 Å². The number of hydrogen-bond donors (Lipinski definition) is 0. The number of aromatic nitrogens is 4. The summed E-state index contributed by atoms with van der Waals surface area (Å²) in [6.45, 7) is 0. The summed E-state index contributed by atoms with van der Waals surface area (Å²) >= 11 is 1.82. The van der Waals surface area contributed by atoms with Gasteiger partial charge >= 0.3 is 0 Å². The Morgan fingerprint density at radius 3 is 1.96 bits per heavy atom. The highest BCUT2D eigenvalue weighted by molar-refractivity contribution is 7.17. The summed E-state index contributed by atoms with van der Waals surface area (Å²) in [5.74, 6) is 0.675. The van der Waals surface area contributed by atoms with E-state index in [2.05, 4.69) is 142 Å². The summed E-state index contributed by atoms with van der Waals surface area (Å²) < 4.78 is 4.67. The summed E-state index contributed by atoms with van der Waals surface area (Å²) in [6, 6.07) is 50.0. The van der Waals surface area contributed by atoms with Gasteiger partial charge in [-0.2, -0.15) is 0 Å². The Labute approximate surface area is 272 Å². The molecule has 0 amide bonds. The molecule has 0 aliphatic carbocycles. The summed E-state index contributed by atoms with van der Waals surface area (Å²) in [5.41, 5.74) is 10.1. The highest BCUT2D eigenvalue weighted by Gasteiger charge is 2.20. The van der Waals surface area contributed by atoms with Gasteiger partial charge < -0.3 is 0 Å². The van der Waals surface area contributed by atoms with Crippen LogP contribution in [0.3, 0.4) is 0 Å². The normalized spacial score (nSPS) is 12.3. The molecule has 5 heterocycles. The average molecular weight is 617 g/mol. The molecule has 0 aliphatic heterocycles. The number of thiophene rings is 1. The van der Waals surface area contributed by atoms with E-state index >= 15 is 0 Å². The summed E-state index contributed by atoms with van der Waals surface area (Å²) in [7, 11) is 0. The van der Waals surface area contributed by atoms with Crippen molar-refractivity contribution in [2.24, 2.45) is 0 Å². The minimum absolute atomic E-state index is 0.675. The molecule has 0 atom stereocenters. The van der Waals surface area contributed by atoms with Crippen LogP contribution in [0.5, 0.6) is 0 Å². The SMILES string of the molecule is c1ccc(-c2nc(-n3c4ccccc4c4cc(-c5ccc6c(c5)c5cccc7c8ccsc8n6c57)ccc43)nc3ccccc23)cc1. The van der Waals surface area contributed by atoms with Crippen molar-refractivity contribution < 1.29 is 0 Å². The second kappa shape index (κ2) is 9.25. The Kier molecular flexibility index (Phi) is 4.96. The molecular weight excluding hydrogens is 593 g/mol. The smallest absolute Gasteiger partial charge is 0.235 e. The Hall–Kier alpha value is -6.04. The lowest BCUT2D eigenvalue weighted by molar-refractivity contribution is 1.01. The van der Waals surface area contributed by atoms with Crippen molar-refractivity contribution in [1.82, 2.24) is 18.9 Å². The lowest BCUT2D eigenvalue weighted by Gasteiger charge is -2.12. The van der Waals surface area contributed by atoms with Crippen molar-refractivity contribution in [3.05, 3.63) is 145 Å². The van der Waals surface area contributed by atoms with E-state index in [1.54, 1.807) is 0 Å². The third-order valence-corrected chi connectivity index (χ3v) is 10.7. The number of rotatable bonds is 3. The molecule has 11 rings (SSSR count). The first kappa shape index (κ1) is 25.2. The van der Waals surface area contributed by atoms with E-state index in [0.29, 0.717) is 5.95 Å². The molecule has 0 bridgehead atoms. The summed E-state index contributed by atoms with van der Waals surface area (Å²) in [4.78, 5) is 11.7. The number of hydrogen-bond acceptors (Lipinski definition) is 3. The standard InChI is InChI=1S/C42H24N4S/c1-2-9-25(10-3-1)39-32-12-4-6-15-35(32)43-42(44-39)45-36-16-7-5-11-28(36)33-23-26(17-19-37(33)45)27-18-20-38-34(24-27)30-14-8-13-29-31-21-22-47-41(31)46(38)40(29)30/h1-24H. The third-order valence-electron chi connectivity index (χ3n) is 9.77. The molecule has 0 radical (unpaired) electrons. The molecule has 0 spiro atoms. The molecule has 0 saturated heterocycles. The van der Waals surface area contributed by atoms with Gasteiger partial charge in [0, 0.05) is 43.3 Å². The van der Waals surface area contributed by atoms with Gasteiger partial charge in [-0.25, -0.2) is 9.97 Å². The molecule has 0 N–H and O–H groups in total. The fraction of sp³-hybridized carbons (Fsp3) is 0. The zero-order valence-electron chi connectivity index (χ0n) is 25.1. The van der Waals surface area contributed by atoms with Crippen molar-refractivity contribution in [3.63, 3.8) is 0 Å². The van der Waals surface area contributed by atoms with E-state index in [-0.39, 0.29) is 0 Å². The lowest BCUT2D eigenvalue weighted by Crippen LogP contribution is -2.03. The largest absolute Gasteiger partial charge is 0.300 e. The van der Waals surface area contributed by atoms with Gasteiger partial charge in [0.05, 0.1) is 33.3 Å². The predicted molar refractivity (Wildman–Crippen MR) is 197 cm³/mol. The van der Waals surface area contributed by atoms with Crippen LogP contribution in [0.15, 0.2) is 145 Å². The molecule has 4 nitrogen and oxygen atoms in total. The molecule has 0 saturated carbocycles. The second-order valence-corrected chi connectivity index (χ2v) is 13.1. The highest BCUT2D eigenvalue weighted by atomic mass is 32.1. The maximum Gasteiger partial charge on any atom is 0.235 e. The first-order chi connectivity index (χ1) is 23.3. The summed E-state index contributed by atoms with van der Waals surface area (Å²) in [5, 5.41) is 10.9. The van der Waals surface area contributed by atoms with Crippen molar-refractivity contribution in [3.8, 4) is 28.3 Å². The Bertz CT molecular complexity index is 3020. The van der Waals surface area contributed by atoms with Crippen LogP contribution in [-0.2, 0) is 0 Å². The van der Waals surface area contributed by atoms with Crippen LogP contribution in [0.1, 0.15) is 0 Å². The van der Waals surface area contributed by atoms with Gasteiger partial charge in [-0.3, -0.25) is 8.97 Å². The van der Waals surface area contributed by atoms with Crippen LogP contribution in [0.4, 0.5) is 0 Å². The third kappa shape index (κ3) is 3.41. The van der Waals surface area contributed by atoms with Crippen LogP contribution >= 0.6 is 11.3 Å². The molecule has 47 heavy (non-hydrogen) atoms. The fourth-order valence-electron chi connectivity index (χ4n) is 7.70. The molecule has 0 aliphatic rings. The lowest BCUT2D eigenvalue weighted by atomic mass is 10.00. The first-order valence-electron chi connectivity index (χ1n) is 15.8. The van der Waals surface area contributed by atoms with E-state index in [1.165, 1.54) is 59.3 Å². The molecule has 0 unspecified atom stereocenters. The topological polar surface area (TPSA) is 35.1 Å². The number of para-hydroxylation sites is 3. The van der Waals surface area contributed by atoms with Crippen molar-refractivity contribution in [1.29, 1.82) is 0 Å². The molecular formula is C42H24N4S. The number of fused-ring (bicyclic) bond motifs is 10. The Balaban J connectivity index is 1.14. The molecule has 6 aromatic carbocycles. The van der Waals surface area contributed by atoms with Gasteiger partial charge in [0.15, 0.2) is 0 Å². The molecule has 11 aromatic rings. The number of benzene rings is 6. The van der Waals surface area contributed by atoms with Gasteiger partial charge in [0.2, 0.25) is 5.95 Å². The number of nitrogens with zero attached hydrogens (tertiary/aromatic N) is 4. The van der Waals surface area contributed by atoms with Gasteiger partial charge in [-0.15, -0.1) is 11.3 Å². The monoisotopic (exact) mass is 616 g/mol. The molecule has 0 fully saturated rings. The van der Waals surface area contributed by atoms with Crippen molar-refractivity contribution in [2.75, 3.05) is 0 Å². The maximum atomic E-state index is 5.24. The first-order valence-corrected chi connectivity index (χ1v) is 16.7. The zero-order chi connectivity index (χ0) is 30.6. The van der Waals surface area contributed by atoms with Crippen LogP contribution in [0, 0.1) is 0 Å². The Morgan fingerprint density at radius 1 is 0.447 bits per heavy atom. The van der Waals surface area contributed by atoms with E-state index in [4.69, 9.17) is 9.97 Å². The van der Waals surface area contributed by atoms with Crippen LogP contribution in [0.2, 0.25) is 0 Å². The van der Waals surface area contributed by atoms with Gasteiger partial charge in [0.1, 0.15) is 4.83 Å². The quantitative estimate of drug-likeness (QED) is 0.198. The molecule has 5 heteroatoms. The highest BCUT2D eigenvalue weighted by Crippen LogP contribution is 2.42. The fourth-order valence-corrected chi connectivity index (χ4v) is 8.64. The Morgan fingerprint density at radius 2 is 1.11 bits per heavy atom. The van der Waals surface area contributed by atoms with Gasteiger partial charge in [0.25, 0.3) is 0 Å². The minimum atomic E-state index is 0.675. The van der Waals surface area contributed by atoms with Crippen molar-refractivity contribution >= 4 is 81.5 Å². The van der Waals surface area contributed by atoms with Gasteiger partial charge in [-0.05, 0) is 59.0 Å². The van der Waals surface area contributed by atoms with E-state index < -0.39 is 0 Å². The molecule has 218 valence electrons. The molecule has 5 aromatic heterocycles. The van der Waals surface area contributed by atoms with E-state index in [9.17, 15) is 0 Å². The van der Waals surface area contributed by atoms with Crippen LogP contribution < -0.4 is 0 Å². The van der Waals surface area contributed by atoms with Crippen LogP contribution in [-0.4, -0.2) is 18.9 Å². The summed E-state index contributed by atoms with van der Waals surface area (Å²) in [6.07, 6.45) is 0.